The largest absolute Gasteiger partial charge is 0.462 e. The Hall–Kier alpha value is -2.91. The summed E-state index contributed by atoms with van der Waals surface area (Å²) in [5.41, 5.74) is 2.17. The van der Waals surface area contributed by atoms with Crippen LogP contribution in [0.2, 0.25) is 10.0 Å². The summed E-state index contributed by atoms with van der Waals surface area (Å²) in [7, 11) is 0. The third-order valence-corrected chi connectivity index (χ3v) is 8.21. The minimum Gasteiger partial charge on any atom is -0.462 e. The van der Waals surface area contributed by atoms with Gasteiger partial charge in [0.2, 0.25) is 5.91 Å². The second-order valence-electron chi connectivity index (χ2n) is 8.52. The second kappa shape index (κ2) is 9.52. The van der Waals surface area contributed by atoms with E-state index in [1.807, 2.05) is 37.3 Å². The fourth-order valence-corrected chi connectivity index (χ4v) is 6.36. The smallest absolute Gasteiger partial charge is 0.341 e. The number of para-hydroxylation sites is 1. The molecule has 0 radical (unpaired) electrons. The van der Waals surface area contributed by atoms with Crippen LogP contribution in [0.4, 0.5) is 10.7 Å². The third kappa shape index (κ3) is 3.89. The fraction of sp³-hybridized carbons (Fsp3) is 0.269. The van der Waals surface area contributed by atoms with E-state index in [0.717, 1.165) is 9.78 Å². The molecule has 186 valence electrons. The number of hydrogen-bond donors (Lipinski definition) is 0. The summed E-state index contributed by atoms with van der Waals surface area (Å²) in [6.45, 7) is 5.49. The van der Waals surface area contributed by atoms with E-state index in [4.69, 9.17) is 32.8 Å². The first-order valence-corrected chi connectivity index (χ1v) is 12.9. The third-order valence-electron chi connectivity index (χ3n) is 6.46. The molecule has 3 aromatic rings. The van der Waals surface area contributed by atoms with Crippen LogP contribution in [-0.2, 0) is 19.2 Å². The van der Waals surface area contributed by atoms with Gasteiger partial charge in [-0.1, -0.05) is 47.5 Å². The highest BCUT2D eigenvalue weighted by molar-refractivity contribution is 7.17. The average Bonchev–Trinajstić information content (AvgIpc) is 3.45. The minimum absolute atomic E-state index is 0.173. The molecule has 3 atom stereocenters. The van der Waals surface area contributed by atoms with Crippen molar-refractivity contribution >= 4 is 63.0 Å². The van der Waals surface area contributed by atoms with Crippen LogP contribution in [0.3, 0.4) is 0 Å². The number of carbonyl (C=O) groups excluding carboxylic acids is 3. The summed E-state index contributed by atoms with van der Waals surface area (Å²) in [6, 6.07) is 13.5. The molecule has 7 nitrogen and oxygen atoms in total. The SMILES string of the molecule is CCOC(=O)c1c(N2C(=O)[C@H]3[C@@H](ON(c4ccccc4)[C@H]3c3ccc(Cl)cc3Cl)C2=O)sc(C)c1C. The Labute approximate surface area is 222 Å². The van der Waals surface area contributed by atoms with Crippen molar-refractivity contribution in [3.63, 3.8) is 0 Å². The lowest BCUT2D eigenvalue weighted by atomic mass is 9.90. The first kappa shape index (κ1) is 24.8. The van der Waals surface area contributed by atoms with Crippen LogP contribution in [0.15, 0.2) is 48.5 Å². The quantitative estimate of drug-likeness (QED) is 0.294. The van der Waals surface area contributed by atoms with Gasteiger partial charge in [-0.05, 0) is 56.2 Å². The normalized spacial score (nSPS) is 21.3. The number of hydrogen-bond acceptors (Lipinski definition) is 7. The number of benzene rings is 2. The Morgan fingerprint density at radius 1 is 1.08 bits per heavy atom. The number of aryl methyl sites for hydroxylation is 1. The predicted molar refractivity (Wildman–Crippen MR) is 139 cm³/mol. The number of nitrogens with zero attached hydrogens (tertiary/aromatic N) is 2. The van der Waals surface area contributed by atoms with Crippen LogP contribution in [0, 0.1) is 19.8 Å². The summed E-state index contributed by atoms with van der Waals surface area (Å²) in [4.78, 5) is 48.5. The molecule has 3 heterocycles. The van der Waals surface area contributed by atoms with E-state index >= 15 is 0 Å². The van der Waals surface area contributed by atoms with Crippen LogP contribution >= 0.6 is 34.5 Å². The lowest BCUT2D eigenvalue weighted by Crippen LogP contribution is -2.37. The van der Waals surface area contributed by atoms with Gasteiger partial charge < -0.3 is 4.74 Å². The first-order valence-electron chi connectivity index (χ1n) is 11.4. The molecule has 36 heavy (non-hydrogen) atoms. The Bertz CT molecular complexity index is 1380. The highest BCUT2D eigenvalue weighted by atomic mass is 35.5. The van der Waals surface area contributed by atoms with Crippen molar-refractivity contribution in [3.8, 4) is 0 Å². The Balaban J connectivity index is 1.62. The molecule has 5 rings (SSSR count). The Morgan fingerprint density at radius 2 is 1.81 bits per heavy atom. The molecule has 2 aliphatic rings. The summed E-state index contributed by atoms with van der Waals surface area (Å²) in [5, 5.41) is 2.62. The van der Waals surface area contributed by atoms with E-state index in [1.165, 1.54) is 11.3 Å². The standard InChI is InChI=1S/C26H22Cl2N2O5S/c1-4-34-26(33)19-13(2)14(3)36-25(19)29-23(31)20-21(17-11-10-15(27)12-18(17)28)30(35-22(20)24(29)32)16-8-6-5-7-9-16/h5-12,20-22H,4H2,1-3H3/t20-,21+,22-/m1/s1. The van der Waals surface area contributed by atoms with Crippen molar-refractivity contribution in [2.24, 2.45) is 5.92 Å². The number of imide groups is 1. The number of fused-ring (bicyclic) bond motifs is 1. The molecule has 2 aliphatic heterocycles. The zero-order valence-electron chi connectivity index (χ0n) is 19.7. The molecule has 2 fully saturated rings. The first-order chi connectivity index (χ1) is 17.2. The van der Waals surface area contributed by atoms with Gasteiger partial charge in [0.1, 0.15) is 10.9 Å². The van der Waals surface area contributed by atoms with Crippen molar-refractivity contribution in [2.45, 2.75) is 32.9 Å². The lowest BCUT2D eigenvalue weighted by molar-refractivity contribution is -0.126. The molecule has 0 N–H and O–H groups in total. The molecule has 0 aliphatic carbocycles. The molecule has 0 saturated carbocycles. The average molecular weight is 545 g/mol. The number of esters is 1. The van der Waals surface area contributed by atoms with Gasteiger partial charge in [0, 0.05) is 14.9 Å². The monoisotopic (exact) mass is 544 g/mol. The highest BCUT2D eigenvalue weighted by Crippen LogP contribution is 2.50. The lowest BCUT2D eigenvalue weighted by Gasteiger charge is -2.29. The Kier molecular flexibility index (Phi) is 6.55. The Morgan fingerprint density at radius 3 is 2.47 bits per heavy atom. The topological polar surface area (TPSA) is 76.2 Å². The summed E-state index contributed by atoms with van der Waals surface area (Å²) >= 11 is 13.9. The zero-order chi connectivity index (χ0) is 25.7. The van der Waals surface area contributed by atoms with E-state index in [2.05, 4.69) is 0 Å². The van der Waals surface area contributed by atoms with Crippen molar-refractivity contribution < 1.29 is 24.0 Å². The van der Waals surface area contributed by atoms with Crippen LogP contribution in [-0.4, -0.2) is 30.5 Å². The van der Waals surface area contributed by atoms with E-state index in [9.17, 15) is 14.4 Å². The number of anilines is 2. The van der Waals surface area contributed by atoms with E-state index in [0.29, 0.717) is 26.9 Å². The molecule has 0 spiro atoms. The molecule has 2 amide bonds. The molecule has 2 aromatic carbocycles. The van der Waals surface area contributed by atoms with Crippen molar-refractivity contribution in [1.29, 1.82) is 0 Å². The number of hydroxylamine groups is 1. The predicted octanol–water partition coefficient (Wildman–Crippen LogP) is 5.90. The molecular formula is C26H22Cl2N2O5S. The number of carbonyl (C=O) groups is 3. The van der Waals surface area contributed by atoms with E-state index < -0.39 is 35.8 Å². The number of halogens is 2. The number of thiophene rings is 1. The maximum absolute atomic E-state index is 14.0. The van der Waals surface area contributed by atoms with Crippen LogP contribution < -0.4 is 9.96 Å². The molecule has 1 aromatic heterocycles. The van der Waals surface area contributed by atoms with Gasteiger partial charge in [-0.25, -0.2) is 14.8 Å². The minimum atomic E-state index is -1.09. The van der Waals surface area contributed by atoms with Crippen LogP contribution in [0.5, 0.6) is 0 Å². The maximum atomic E-state index is 14.0. The van der Waals surface area contributed by atoms with Gasteiger partial charge in [0.05, 0.1) is 23.9 Å². The molecule has 10 heteroatoms. The van der Waals surface area contributed by atoms with Crippen molar-refractivity contribution in [2.75, 3.05) is 16.6 Å². The van der Waals surface area contributed by atoms with Gasteiger partial charge >= 0.3 is 5.97 Å². The number of rotatable bonds is 5. The number of ether oxygens (including phenoxy) is 1. The molecule has 0 bridgehead atoms. The summed E-state index contributed by atoms with van der Waals surface area (Å²) in [5.74, 6) is -2.47. The summed E-state index contributed by atoms with van der Waals surface area (Å²) in [6.07, 6.45) is -1.09. The zero-order valence-corrected chi connectivity index (χ0v) is 22.0. The fourth-order valence-electron chi connectivity index (χ4n) is 4.68. The molecule has 2 saturated heterocycles. The molecule has 0 unspecified atom stereocenters. The maximum Gasteiger partial charge on any atom is 0.341 e. The van der Waals surface area contributed by atoms with Gasteiger partial charge in [-0.3, -0.25) is 14.4 Å². The van der Waals surface area contributed by atoms with Gasteiger partial charge in [0.15, 0.2) is 6.10 Å². The van der Waals surface area contributed by atoms with Crippen molar-refractivity contribution in [3.05, 3.63) is 80.1 Å². The highest BCUT2D eigenvalue weighted by Gasteiger charge is 2.61. The van der Waals surface area contributed by atoms with Crippen LogP contribution in [0.1, 0.15) is 39.3 Å². The van der Waals surface area contributed by atoms with Gasteiger partial charge in [-0.15, -0.1) is 11.3 Å². The van der Waals surface area contributed by atoms with E-state index in [1.54, 1.807) is 37.1 Å². The number of amides is 2. The summed E-state index contributed by atoms with van der Waals surface area (Å²) < 4.78 is 5.23. The van der Waals surface area contributed by atoms with Gasteiger partial charge in [0.25, 0.3) is 5.91 Å². The van der Waals surface area contributed by atoms with Gasteiger partial charge in [-0.2, -0.15) is 0 Å². The van der Waals surface area contributed by atoms with E-state index in [-0.39, 0.29) is 17.2 Å². The molecular weight excluding hydrogens is 523 g/mol. The van der Waals surface area contributed by atoms with Crippen LogP contribution in [0.25, 0.3) is 0 Å². The van der Waals surface area contributed by atoms with Crippen molar-refractivity contribution in [1.82, 2.24) is 0 Å². The second-order valence-corrected chi connectivity index (χ2v) is 10.6.